The van der Waals surface area contributed by atoms with Crippen molar-refractivity contribution in [1.29, 1.82) is 0 Å². The number of rotatable bonds is 5. The molecule has 1 rings (SSSR count). The van der Waals surface area contributed by atoms with Crippen LogP contribution in [0.3, 0.4) is 0 Å². The van der Waals surface area contributed by atoms with E-state index in [2.05, 4.69) is 4.72 Å². The van der Waals surface area contributed by atoms with Gasteiger partial charge < -0.3 is 5.73 Å². The van der Waals surface area contributed by atoms with Gasteiger partial charge in [-0.2, -0.15) is 17.4 Å². The predicted molar refractivity (Wildman–Crippen MR) is 65.2 cm³/mol. The zero-order valence-corrected chi connectivity index (χ0v) is 11.0. The molecule has 1 fully saturated rings. The van der Waals surface area contributed by atoms with Gasteiger partial charge in [0.25, 0.3) is 10.2 Å². The van der Waals surface area contributed by atoms with Crippen LogP contribution in [0.5, 0.6) is 0 Å². The van der Waals surface area contributed by atoms with Crippen LogP contribution in [0.2, 0.25) is 0 Å². The summed E-state index contributed by atoms with van der Waals surface area (Å²) in [7, 11) is -1.74. The zero-order valence-electron chi connectivity index (χ0n) is 10.1. The van der Waals surface area contributed by atoms with E-state index in [0.29, 0.717) is 13.1 Å². The Labute approximate surface area is 98.6 Å². The standard InChI is InChI=1S/C10H23N3O2S/c1-3-13(2)16(14,15)12-10-7-5-4-6-9(10)8-11/h9-10,12H,3-8,11H2,1-2H3. The molecule has 16 heavy (non-hydrogen) atoms. The molecule has 0 saturated heterocycles. The van der Waals surface area contributed by atoms with Crippen molar-refractivity contribution in [1.82, 2.24) is 9.03 Å². The van der Waals surface area contributed by atoms with Crippen molar-refractivity contribution in [3.8, 4) is 0 Å². The van der Waals surface area contributed by atoms with Gasteiger partial charge in [-0.25, -0.2) is 0 Å². The lowest BCUT2D eigenvalue weighted by Gasteiger charge is -2.32. The van der Waals surface area contributed by atoms with Crippen molar-refractivity contribution in [2.75, 3.05) is 20.1 Å². The minimum atomic E-state index is -3.33. The molecule has 0 aromatic heterocycles. The molecule has 0 aromatic rings. The first kappa shape index (κ1) is 13.9. The van der Waals surface area contributed by atoms with Gasteiger partial charge in [0.1, 0.15) is 0 Å². The number of hydrogen-bond acceptors (Lipinski definition) is 3. The number of nitrogens with zero attached hydrogens (tertiary/aromatic N) is 1. The highest BCUT2D eigenvalue weighted by Crippen LogP contribution is 2.24. The van der Waals surface area contributed by atoms with E-state index in [1.807, 2.05) is 6.92 Å². The van der Waals surface area contributed by atoms with Gasteiger partial charge in [0, 0.05) is 19.6 Å². The SMILES string of the molecule is CCN(C)S(=O)(=O)NC1CCCCC1CN. The second-order valence-corrected chi connectivity index (χ2v) is 6.23. The monoisotopic (exact) mass is 249 g/mol. The first-order valence-corrected chi connectivity index (χ1v) is 7.39. The molecule has 1 aliphatic rings. The molecule has 3 N–H and O–H groups in total. The Morgan fingerprint density at radius 2 is 2.00 bits per heavy atom. The molecule has 0 amide bonds. The number of nitrogens with one attached hydrogen (secondary N) is 1. The maximum absolute atomic E-state index is 11.9. The van der Waals surface area contributed by atoms with Gasteiger partial charge in [-0.1, -0.05) is 19.8 Å². The van der Waals surface area contributed by atoms with E-state index in [9.17, 15) is 8.42 Å². The maximum Gasteiger partial charge on any atom is 0.279 e. The number of hydrogen-bond donors (Lipinski definition) is 2. The Hall–Kier alpha value is -0.170. The molecule has 1 aliphatic carbocycles. The Morgan fingerprint density at radius 3 is 2.56 bits per heavy atom. The normalized spacial score (nSPS) is 27.2. The van der Waals surface area contributed by atoms with Crippen LogP contribution in [-0.2, 0) is 10.2 Å². The average molecular weight is 249 g/mol. The second-order valence-electron chi connectivity index (χ2n) is 4.42. The third-order valence-corrected chi connectivity index (χ3v) is 5.05. The smallest absolute Gasteiger partial charge is 0.279 e. The van der Waals surface area contributed by atoms with Gasteiger partial charge >= 0.3 is 0 Å². The maximum atomic E-state index is 11.9. The van der Waals surface area contributed by atoms with Crippen LogP contribution in [0.25, 0.3) is 0 Å². The van der Waals surface area contributed by atoms with Crippen LogP contribution in [0, 0.1) is 5.92 Å². The molecule has 2 atom stereocenters. The molecular formula is C10H23N3O2S. The van der Waals surface area contributed by atoms with Gasteiger partial charge in [0.2, 0.25) is 0 Å². The van der Waals surface area contributed by atoms with E-state index in [1.54, 1.807) is 7.05 Å². The van der Waals surface area contributed by atoms with Crippen molar-refractivity contribution >= 4 is 10.2 Å². The average Bonchev–Trinajstić information content (AvgIpc) is 2.28. The Kier molecular flexibility index (Phi) is 5.17. The van der Waals surface area contributed by atoms with Gasteiger partial charge in [-0.3, -0.25) is 0 Å². The lowest BCUT2D eigenvalue weighted by Crippen LogP contribution is -2.49. The van der Waals surface area contributed by atoms with Gasteiger partial charge in [-0.15, -0.1) is 0 Å². The molecule has 2 unspecified atom stereocenters. The highest BCUT2D eigenvalue weighted by molar-refractivity contribution is 7.87. The Bertz CT molecular complexity index is 305. The summed E-state index contributed by atoms with van der Waals surface area (Å²) in [5.74, 6) is 0.286. The Balaban J connectivity index is 2.64. The second kappa shape index (κ2) is 5.95. The molecular weight excluding hydrogens is 226 g/mol. The van der Waals surface area contributed by atoms with E-state index >= 15 is 0 Å². The predicted octanol–water partition coefficient (Wildman–Crippen LogP) is 0.290. The zero-order chi connectivity index (χ0) is 12.2. The van der Waals surface area contributed by atoms with E-state index in [-0.39, 0.29) is 12.0 Å². The first-order valence-electron chi connectivity index (χ1n) is 5.95. The summed E-state index contributed by atoms with van der Waals surface area (Å²) in [5.41, 5.74) is 5.67. The molecule has 96 valence electrons. The molecule has 0 radical (unpaired) electrons. The van der Waals surface area contributed by atoms with E-state index in [1.165, 1.54) is 4.31 Å². The molecule has 5 nitrogen and oxygen atoms in total. The molecule has 0 aliphatic heterocycles. The minimum absolute atomic E-state index is 0.0118. The van der Waals surface area contributed by atoms with Crippen molar-refractivity contribution < 1.29 is 8.42 Å². The molecule has 1 saturated carbocycles. The summed E-state index contributed by atoms with van der Waals surface area (Å²) in [6.45, 7) is 2.86. The van der Waals surface area contributed by atoms with Crippen molar-refractivity contribution in [3.05, 3.63) is 0 Å². The molecule has 6 heteroatoms. The lowest BCUT2D eigenvalue weighted by atomic mass is 9.85. The lowest BCUT2D eigenvalue weighted by molar-refractivity contribution is 0.291. The van der Waals surface area contributed by atoms with Crippen LogP contribution < -0.4 is 10.5 Å². The minimum Gasteiger partial charge on any atom is -0.330 e. The van der Waals surface area contributed by atoms with E-state index in [0.717, 1.165) is 25.7 Å². The summed E-state index contributed by atoms with van der Waals surface area (Å²) in [6.07, 6.45) is 4.17. The van der Waals surface area contributed by atoms with Crippen LogP contribution in [0.1, 0.15) is 32.6 Å². The highest BCUT2D eigenvalue weighted by Gasteiger charge is 2.29. The summed E-state index contributed by atoms with van der Waals surface area (Å²) in [4.78, 5) is 0. The third-order valence-electron chi connectivity index (χ3n) is 3.37. The molecule has 0 bridgehead atoms. The summed E-state index contributed by atoms with van der Waals surface area (Å²) < 4.78 is 27.8. The van der Waals surface area contributed by atoms with Crippen molar-refractivity contribution in [3.63, 3.8) is 0 Å². The largest absolute Gasteiger partial charge is 0.330 e. The van der Waals surface area contributed by atoms with E-state index < -0.39 is 10.2 Å². The summed E-state index contributed by atoms with van der Waals surface area (Å²) >= 11 is 0. The van der Waals surface area contributed by atoms with Gasteiger partial charge in [0.15, 0.2) is 0 Å². The van der Waals surface area contributed by atoms with Crippen LogP contribution in [-0.4, -0.2) is 38.9 Å². The third kappa shape index (κ3) is 3.41. The summed E-state index contributed by atoms with van der Waals surface area (Å²) in [5, 5.41) is 0. The fraction of sp³-hybridized carbons (Fsp3) is 1.00. The van der Waals surface area contributed by atoms with Crippen molar-refractivity contribution in [2.24, 2.45) is 11.7 Å². The molecule has 0 spiro atoms. The fourth-order valence-corrected chi connectivity index (χ4v) is 3.31. The van der Waals surface area contributed by atoms with Crippen LogP contribution >= 0.6 is 0 Å². The Morgan fingerprint density at radius 1 is 1.38 bits per heavy atom. The van der Waals surface area contributed by atoms with Gasteiger partial charge in [-0.05, 0) is 25.3 Å². The van der Waals surface area contributed by atoms with Gasteiger partial charge in [0.05, 0.1) is 0 Å². The van der Waals surface area contributed by atoms with Crippen molar-refractivity contribution in [2.45, 2.75) is 38.6 Å². The first-order chi connectivity index (χ1) is 7.51. The topological polar surface area (TPSA) is 75.4 Å². The molecule has 0 heterocycles. The highest BCUT2D eigenvalue weighted by atomic mass is 32.2. The van der Waals surface area contributed by atoms with Crippen LogP contribution in [0.4, 0.5) is 0 Å². The summed E-state index contributed by atoms with van der Waals surface area (Å²) in [6, 6.07) is 0.0118. The van der Waals surface area contributed by atoms with E-state index in [4.69, 9.17) is 5.73 Å². The quantitative estimate of drug-likeness (QED) is 0.735. The number of nitrogens with two attached hydrogens (primary N) is 1. The fourth-order valence-electron chi connectivity index (χ4n) is 2.10. The van der Waals surface area contributed by atoms with Crippen LogP contribution in [0.15, 0.2) is 0 Å². The molecule has 0 aromatic carbocycles.